The Kier molecular flexibility index (Phi) is 4.08. The molecule has 0 spiro atoms. The van der Waals surface area contributed by atoms with Gasteiger partial charge in [0.2, 0.25) is 0 Å². The van der Waals surface area contributed by atoms with E-state index in [1.165, 1.54) is 30.2 Å². The first kappa shape index (κ1) is 13.7. The summed E-state index contributed by atoms with van der Waals surface area (Å²) in [6, 6.07) is 8.77. The number of benzene rings is 1. The van der Waals surface area contributed by atoms with E-state index in [2.05, 4.69) is 24.4 Å². The summed E-state index contributed by atoms with van der Waals surface area (Å²) in [4.78, 5) is 0. The highest BCUT2D eigenvalue weighted by Crippen LogP contribution is 2.27. The van der Waals surface area contributed by atoms with Gasteiger partial charge in [-0.05, 0) is 25.3 Å². The highest BCUT2D eigenvalue weighted by Gasteiger charge is 2.27. The zero-order chi connectivity index (χ0) is 13.9. The third-order valence-corrected chi connectivity index (χ3v) is 4.40. The van der Waals surface area contributed by atoms with Gasteiger partial charge >= 0.3 is 0 Å². The fourth-order valence-corrected chi connectivity index (χ4v) is 3.30. The first-order valence-corrected chi connectivity index (χ1v) is 7.59. The van der Waals surface area contributed by atoms with Crippen molar-refractivity contribution in [2.45, 2.75) is 51.3 Å². The normalized spacial score (nSPS) is 22.7. The van der Waals surface area contributed by atoms with Crippen molar-refractivity contribution >= 4 is 11.0 Å². The van der Waals surface area contributed by atoms with Crippen molar-refractivity contribution in [3.63, 3.8) is 0 Å². The van der Waals surface area contributed by atoms with E-state index in [1.54, 1.807) is 0 Å². The number of ether oxygens (including phenoxy) is 1. The maximum atomic E-state index is 5.95. The van der Waals surface area contributed by atoms with Crippen LogP contribution in [-0.4, -0.2) is 19.3 Å². The third kappa shape index (κ3) is 2.48. The number of fused-ring (bicyclic) bond motifs is 1. The Hall–Kier alpha value is -1.32. The molecule has 1 saturated carbocycles. The molecule has 1 fully saturated rings. The highest BCUT2D eigenvalue weighted by molar-refractivity contribution is 5.82. The molecule has 0 bridgehead atoms. The molecule has 0 aliphatic heterocycles. The van der Waals surface area contributed by atoms with E-state index in [-0.39, 0.29) is 0 Å². The van der Waals surface area contributed by atoms with E-state index in [9.17, 15) is 0 Å². The van der Waals surface area contributed by atoms with Gasteiger partial charge in [-0.1, -0.05) is 25.1 Å². The summed E-state index contributed by atoms with van der Waals surface area (Å²) in [5.74, 6) is 1.10. The summed E-state index contributed by atoms with van der Waals surface area (Å²) >= 11 is 0. The predicted octanol–water partition coefficient (Wildman–Crippen LogP) is 3.65. The molecule has 1 aromatic heterocycles. The molecule has 2 atom stereocenters. The van der Waals surface area contributed by atoms with E-state index in [0.29, 0.717) is 12.1 Å². The summed E-state index contributed by atoms with van der Waals surface area (Å²) in [5, 5.41) is 4.91. The zero-order valence-electron chi connectivity index (χ0n) is 12.3. The molecule has 2 unspecified atom stereocenters. The third-order valence-electron chi connectivity index (χ3n) is 4.40. The van der Waals surface area contributed by atoms with Crippen molar-refractivity contribution < 1.29 is 9.15 Å². The second-order valence-corrected chi connectivity index (χ2v) is 5.55. The largest absolute Gasteiger partial charge is 0.461 e. The lowest BCUT2D eigenvalue weighted by atomic mass is 10.1. The number of nitrogens with one attached hydrogen (secondary N) is 1. The van der Waals surface area contributed by atoms with E-state index in [4.69, 9.17) is 9.15 Å². The molecule has 0 saturated heterocycles. The highest BCUT2D eigenvalue weighted by atomic mass is 16.5. The molecular formula is C17H23NO2. The molecular weight excluding hydrogens is 250 g/mol. The Morgan fingerprint density at radius 2 is 2.15 bits per heavy atom. The average molecular weight is 273 g/mol. The molecule has 20 heavy (non-hydrogen) atoms. The smallest absolute Gasteiger partial charge is 0.134 e. The lowest BCUT2D eigenvalue weighted by molar-refractivity contribution is 0.0847. The number of para-hydroxylation sites is 1. The molecule has 3 heteroatoms. The molecule has 1 N–H and O–H groups in total. The fraction of sp³-hybridized carbons (Fsp3) is 0.529. The van der Waals surface area contributed by atoms with E-state index in [1.807, 2.05) is 19.2 Å². The molecule has 3 rings (SSSR count). The Morgan fingerprint density at radius 1 is 1.30 bits per heavy atom. The second-order valence-electron chi connectivity index (χ2n) is 5.55. The van der Waals surface area contributed by atoms with E-state index in [0.717, 1.165) is 24.3 Å². The maximum Gasteiger partial charge on any atom is 0.134 e. The van der Waals surface area contributed by atoms with Gasteiger partial charge in [-0.25, -0.2) is 0 Å². The van der Waals surface area contributed by atoms with Crippen LogP contribution in [0.5, 0.6) is 0 Å². The van der Waals surface area contributed by atoms with E-state index < -0.39 is 0 Å². The van der Waals surface area contributed by atoms with Crippen LogP contribution in [-0.2, 0) is 17.7 Å². The van der Waals surface area contributed by atoms with Gasteiger partial charge in [-0.15, -0.1) is 0 Å². The monoisotopic (exact) mass is 273 g/mol. The quantitative estimate of drug-likeness (QED) is 0.903. The van der Waals surface area contributed by atoms with Crippen LogP contribution >= 0.6 is 0 Å². The van der Waals surface area contributed by atoms with Crippen molar-refractivity contribution in [2.24, 2.45) is 0 Å². The fourth-order valence-electron chi connectivity index (χ4n) is 3.30. The SMILES string of the molecule is CCc1oc2ccccc2c1CNC1CCCC1OC. The molecule has 0 amide bonds. The number of rotatable bonds is 5. The predicted molar refractivity (Wildman–Crippen MR) is 80.9 cm³/mol. The number of hydrogen-bond acceptors (Lipinski definition) is 3. The van der Waals surface area contributed by atoms with Gasteiger partial charge in [0.15, 0.2) is 0 Å². The molecule has 1 aromatic carbocycles. The minimum Gasteiger partial charge on any atom is -0.461 e. The molecule has 108 valence electrons. The van der Waals surface area contributed by atoms with Crippen molar-refractivity contribution in [3.05, 3.63) is 35.6 Å². The molecule has 2 aromatic rings. The molecule has 0 radical (unpaired) electrons. The summed E-state index contributed by atoms with van der Waals surface area (Å²) in [6.07, 6.45) is 4.92. The van der Waals surface area contributed by atoms with Gasteiger partial charge in [0.05, 0.1) is 6.10 Å². The van der Waals surface area contributed by atoms with Gasteiger partial charge in [-0.2, -0.15) is 0 Å². The molecule has 1 heterocycles. The van der Waals surface area contributed by atoms with Gasteiger partial charge in [0.25, 0.3) is 0 Å². The Balaban J connectivity index is 1.79. The lowest BCUT2D eigenvalue weighted by Gasteiger charge is -2.19. The van der Waals surface area contributed by atoms with Crippen LogP contribution in [0.2, 0.25) is 0 Å². The maximum absolute atomic E-state index is 5.95. The first-order valence-electron chi connectivity index (χ1n) is 7.59. The first-order chi connectivity index (χ1) is 9.83. The van der Waals surface area contributed by atoms with Gasteiger partial charge in [0.1, 0.15) is 11.3 Å². The van der Waals surface area contributed by atoms with Crippen molar-refractivity contribution in [1.29, 1.82) is 0 Å². The van der Waals surface area contributed by atoms with Gasteiger partial charge in [0, 0.05) is 37.1 Å². The van der Waals surface area contributed by atoms with Crippen molar-refractivity contribution in [2.75, 3.05) is 7.11 Å². The minimum absolute atomic E-state index is 0.359. The molecule has 1 aliphatic rings. The van der Waals surface area contributed by atoms with Crippen molar-refractivity contribution in [3.8, 4) is 0 Å². The standard InChI is InChI=1S/C17H23NO2/c1-3-15-13(12-7-4-5-9-16(12)20-15)11-18-14-8-6-10-17(14)19-2/h4-5,7,9,14,17-18H,3,6,8,10-11H2,1-2H3. The van der Waals surface area contributed by atoms with Crippen LogP contribution in [0.4, 0.5) is 0 Å². The second kappa shape index (κ2) is 5.98. The Bertz CT molecular complexity index is 575. The summed E-state index contributed by atoms with van der Waals surface area (Å²) < 4.78 is 11.5. The number of furan rings is 1. The summed E-state index contributed by atoms with van der Waals surface area (Å²) in [7, 11) is 1.81. The minimum atomic E-state index is 0.359. The van der Waals surface area contributed by atoms with Crippen LogP contribution in [0, 0.1) is 0 Å². The Morgan fingerprint density at radius 3 is 2.95 bits per heavy atom. The van der Waals surface area contributed by atoms with Crippen LogP contribution < -0.4 is 5.32 Å². The average Bonchev–Trinajstić information content (AvgIpc) is 3.08. The number of hydrogen-bond donors (Lipinski definition) is 1. The van der Waals surface area contributed by atoms with Crippen LogP contribution in [0.15, 0.2) is 28.7 Å². The van der Waals surface area contributed by atoms with Crippen LogP contribution in [0.25, 0.3) is 11.0 Å². The van der Waals surface area contributed by atoms with Crippen LogP contribution in [0.1, 0.15) is 37.5 Å². The summed E-state index contributed by atoms with van der Waals surface area (Å²) in [5.41, 5.74) is 2.31. The topological polar surface area (TPSA) is 34.4 Å². The molecule has 1 aliphatic carbocycles. The van der Waals surface area contributed by atoms with Crippen LogP contribution in [0.3, 0.4) is 0 Å². The van der Waals surface area contributed by atoms with Gasteiger partial charge < -0.3 is 14.5 Å². The summed E-state index contributed by atoms with van der Waals surface area (Å²) in [6.45, 7) is 3.01. The zero-order valence-corrected chi connectivity index (χ0v) is 12.3. The Labute approximate surface area is 120 Å². The number of methoxy groups -OCH3 is 1. The van der Waals surface area contributed by atoms with Crippen molar-refractivity contribution in [1.82, 2.24) is 5.32 Å². The number of aryl methyl sites for hydroxylation is 1. The van der Waals surface area contributed by atoms with E-state index >= 15 is 0 Å². The molecule has 3 nitrogen and oxygen atoms in total. The van der Waals surface area contributed by atoms with Gasteiger partial charge in [-0.3, -0.25) is 0 Å². The lowest BCUT2D eigenvalue weighted by Crippen LogP contribution is -2.36.